The van der Waals surface area contributed by atoms with Crippen LogP contribution in [0, 0.1) is 5.92 Å². The van der Waals surface area contributed by atoms with Crippen molar-refractivity contribution in [3.8, 4) is 0 Å². The zero-order valence-electron chi connectivity index (χ0n) is 11.9. The average molecular weight is 297 g/mol. The second-order valence-corrected chi connectivity index (χ2v) is 5.17. The van der Waals surface area contributed by atoms with E-state index in [1.807, 2.05) is 24.3 Å². The summed E-state index contributed by atoms with van der Waals surface area (Å²) in [5, 5.41) is 2.44. The monoisotopic (exact) mass is 297 g/mol. The lowest BCUT2D eigenvalue weighted by Gasteiger charge is -2.15. The molecule has 0 heterocycles. The van der Waals surface area contributed by atoms with Gasteiger partial charge in [0.1, 0.15) is 0 Å². The summed E-state index contributed by atoms with van der Waals surface area (Å²) in [6.07, 6.45) is 0.941. The molecule has 2 aromatic carbocycles. The Hall–Kier alpha value is -1.80. The molecule has 0 N–H and O–H groups in total. The molecule has 0 saturated carbocycles. The molecule has 0 amide bonds. The van der Waals surface area contributed by atoms with Gasteiger partial charge in [0.2, 0.25) is 0 Å². The van der Waals surface area contributed by atoms with Gasteiger partial charge < -0.3 is 4.74 Å². The Labute approximate surface area is 131 Å². The van der Waals surface area contributed by atoms with Crippen molar-refractivity contribution in [3.63, 3.8) is 0 Å². The zero-order valence-corrected chi connectivity index (χ0v) is 12.8. The van der Waals surface area contributed by atoms with Crippen LogP contribution in [-0.2, 0) is 17.8 Å². The van der Waals surface area contributed by atoms with Crippen LogP contribution in [0.2, 0.25) is 0 Å². The van der Waals surface area contributed by atoms with Gasteiger partial charge in [-0.25, -0.2) is 4.99 Å². The molecule has 0 radical (unpaired) electrons. The van der Waals surface area contributed by atoms with Gasteiger partial charge >= 0.3 is 0 Å². The van der Waals surface area contributed by atoms with Crippen molar-refractivity contribution in [2.45, 2.75) is 13.0 Å². The molecule has 1 atom stereocenters. The Kier molecular flexibility index (Phi) is 6.82. The third kappa shape index (κ3) is 6.01. The molecule has 108 valence electrons. The van der Waals surface area contributed by atoms with E-state index in [4.69, 9.17) is 4.74 Å². The van der Waals surface area contributed by atoms with E-state index in [9.17, 15) is 0 Å². The number of hydrogen-bond acceptors (Lipinski definition) is 3. The van der Waals surface area contributed by atoms with Crippen LogP contribution >= 0.6 is 12.2 Å². The predicted octanol–water partition coefficient (Wildman–Crippen LogP) is 4.16. The number of thiocarbonyl (C=S) groups is 1. The molecule has 0 spiro atoms. The van der Waals surface area contributed by atoms with E-state index in [-0.39, 0.29) is 0 Å². The summed E-state index contributed by atoms with van der Waals surface area (Å²) >= 11 is 4.67. The van der Waals surface area contributed by atoms with Crippen molar-refractivity contribution in [2.75, 3.05) is 13.2 Å². The van der Waals surface area contributed by atoms with Gasteiger partial charge in [-0.15, -0.1) is 0 Å². The van der Waals surface area contributed by atoms with Crippen LogP contribution in [0.1, 0.15) is 11.1 Å². The largest absolute Gasteiger partial charge is 0.376 e. The first-order valence-electron chi connectivity index (χ1n) is 7.07. The third-order valence-electron chi connectivity index (χ3n) is 3.25. The number of aliphatic imine (C=N–C) groups is 1. The van der Waals surface area contributed by atoms with E-state index in [0.717, 1.165) is 6.42 Å². The SMILES string of the molecule is S=C=NCC(COCc1ccccc1)Cc1ccccc1. The van der Waals surface area contributed by atoms with E-state index in [2.05, 4.69) is 58.8 Å². The first kappa shape index (κ1) is 15.6. The second-order valence-electron chi connectivity index (χ2n) is 4.99. The molecule has 0 fully saturated rings. The van der Waals surface area contributed by atoms with Gasteiger partial charge in [-0.2, -0.15) is 0 Å². The molecular formula is C18H19NOS. The topological polar surface area (TPSA) is 21.6 Å². The van der Waals surface area contributed by atoms with E-state index in [1.54, 1.807) is 0 Å². The summed E-state index contributed by atoms with van der Waals surface area (Å²) in [6, 6.07) is 20.6. The molecule has 0 aliphatic heterocycles. The minimum absolute atomic E-state index is 0.326. The van der Waals surface area contributed by atoms with E-state index >= 15 is 0 Å². The van der Waals surface area contributed by atoms with Crippen LogP contribution in [0.15, 0.2) is 65.7 Å². The highest BCUT2D eigenvalue weighted by atomic mass is 32.1. The molecule has 0 aromatic heterocycles. The van der Waals surface area contributed by atoms with Crippen molar-refractivity contribution in [3.05, 3.63) is 71.8 Å². The number of benzene rings is 2. The normalized spacial score (nSPS) is 11.6. The molecule has 2 nitrogen and oxygen atoms in total. The molecule has 3 heteroatoms. The molecule has 0 bridgehead atoms. The fourth-order valence-electron chi connectivity index (χ4n) is 2.21. The van der Waals surface area contributed by atoms with Crippen molar-refractivity contribution >= 4 is 17.4 Å². The first-order chi connectivity index (χ1) is 10.4. The Morgan fingerprint density at radius 1 is 0.952 bits per heavy atom. The van der Waals surface area contributed by atoms with Crippen LogP contribution in [0.3, 0.4) is 0 Å². The Morgan fingerprint density at radius 3 is 2.19 bits per heavy atom. The lowest BCUT2D eigenvalue weighted by atomic mass is 10.0. The molecule has 21 heavy (non-hydrogen) atoms. The Balaban J connectivity index is 1.86. The standard InChI is InChI=1S/C18H19NOS/c21-15-19-12-18(11-16-7-3-1-4-8-16)14-20-13-17-9-5-2-6-10-17/h1-10,18H,11-14H2. The molecule has 1 unspecified atom stereocenters. The highest BCUT2D eigenvalue weighted by Gasteiger charge is 2.09. The van der Waals surface area contributed by atoms with Crippen LogP contribution < -0.4 is 0 Å². The smallest absolute Gasteiger partial charge is 0.0717 e. The number of nitrogens with zero attached hydrogens (tertiary/aromatic N) is 1. The summed E-state index contributed by atoms with van der Waals surface area (Å²) < 4.78 is 5.83. The number of hydrogen-bond donors (Lipinski definition) is 0. The van der Waals surface area contributed by atoms with Gasteiger partial charge in [0.25, 0.3) is 0 Å². The minimum Gasteiger partial charge on any atom is -0.376 e. The zero-order chi connectivity index (χ0) is 14.8. The summed E-state index contributed by atoms with van der Waals surface area (Å²) in [4.78, 5) is 4.08. The Bertz CT molecular complexity index is 564. The fraction of sp³-hybridized carbons (Fsp3) is 0.278. The molecule has 2 aromatic rings. The lowest BCUT2D eigenvalue weighted by Crippen LogP contribution is -2.16. The maximum atomic E-state index is 5.83. The van der Waals surface area contributed by atoms with Gasteiger partial charge in [0.15, 0.2) is 0 Å². The predicted molar refractivity (Wildman–Crippen MR) is 89.6 cm³/mol. The third-order valence-corrected chi connectivity index (χ3v) is 3.38. The molecular weight excluding hydrogens is 278 g/mol. The van der Waals surface area contributed by atoms with Crippen LogP contribution in [0.25, 0.3) is 0 Å². The second kappa shape index (κ2) is 9.19. The summed E-state index contributed by atoms with van der Waals surface area (Å²) in [5.41, 5.74) is 2.49. The van der Waals surface area contributed by atoms with E-state index in [0.29, 0.717) is 25.7 Å². The van der Waals surface area contributed by atoms with Crippen molar-refractivity contribution < 1.29 is 4.74 Å². The highest BCUT2D eigenvalue weighted by molar-refractivity contribution is 7.78. The number of isothiocyanates is 1. The maximum absolute atomic E-state index is 5.83. The van der Waals surface area contributed by atoms with Gasteiger partial charge in [-0.1, -0.05) is 60.7 Å². The fourth-order valence-corrected chi connectivity index (χ4v) is 2.28. The molecule has 0 aliphatic rings. The average Bonchev–Trinajstić information content (AvgIpc) is 2.54. The van der Waals surface area contributed by atoms with Gasteiger partial charge in [-0.3, -0.25) is 0 Å². The minimum atomic E-state index is 0.326. The first-order valence-corrected chi connectivity index (χ1v) is 7.48. The van der Waals surface area contributed by atoms with Crippen LogP contribution in [0.4, 0.5) is 0 Å². The van der Waals surface area contributed by atoms with Gasteiger partial charge in [0.05, 0.1) is 24.9 Å². The quantitative estimate of drug-likeness (QED) is 0.539. The maximum Gasteiger partial charge on any atom is 0.0717 e. The summed E-state index contributed by atoms with van der Waals surface area (Å²) in [5.74, 6) is 0.326. The molecule has 0 aliphatic carbocycles. The number of rotatable bonds is 8. The van der Waals surface area contributed by atoms with Crippen LogP contribution in [0.5, 0.6) is 0 Å². The number of ether oxygens (including phenoxy) is 1. The molecule has 2 rings (SSSR count). The van der Waals surface area contributed by atoms with Gasteiger partial charge in [0, 0.05) is 5.92 Å². The summed E-state index contributed by atoms with van der Waals surface area (Å²) in [7, 11) is 0. The lowest BCUT2D eigenvalue weighted by molar-refractivity contribution is 0.0894. The Morgan fingerprint density at radius 2 is 1.57 bits per heavy atom. The van der Waals surface area contributed by atoms with Crippen molar-refractivity contribution in [1.29, 1.82) is 0 Å². The van der Waals surface area contributed by atoms with E-state index in [1.165, 1.54) is 11.1 Å². The van der Waals surface area contributed by atoms with Gasteiger partial charge in [-0.05, 0) is 29.8 Å². The molecule has 0 saturated heterocycles. The summed E-state index contributed by atoms with van der Waals surface area (Å²) in [6.45, 7) is 1.96. The van der Waals surface area contributed by atoms with Crippen LogP contribution in [-0.4, -0.2) is 18.3 Å². The van der Waals surface area contributed by atoms with E-state index < -0.39 is 0 Å². The highest BCUT2D eigenvalue weighted by Crippen LogP contribution is 2.11. The van der Waals surface area contributed by atoms with Crippen molar-refractivity contribution in [1.82, 2.24) is 0 Å². The van der Waals surface area contributed by atoms with Crippen molar-refractivity contribution in [2.24, 2.45) is 10.9 Å².